The summed E-state index contributed by atoms with van der Waals surface area (Å²) in [5, 5.41) is 13.2. The van der Waals surface area contributed by atoms with Crippen molar-refractivity contribution in [2.45, 2.75) is 38.6 Å². The predicted octanol–water partition coefficient (Wildman–Crippen LogP) is 4.91. The number of rotatable bonds is 8. The first-order valence-corrected chi connectivity index (χ1v) is 12.9. The maximum absolute atomic E-state index is 13.9. The summed E-state index contributed by atoms with van der Waals surface area (Å²) in [6.07, 6.45) is 1.76. The van der Waals surface area contributed by atoms with Crippen LogP contribution in [0, 0.1) is 27.9 Å². The zero-order valence-electron chi connectivity index (χ0n) is 20.0. The monoisotopic (exact) mass is 545 g/mol. The lowest BCUT2D eigenvalue weighted by molar-refractivity contribution is -0.384. The molecule has 3 amide bonds. The molecule has 1 saturated carbocycles. The van der Waals surface area contributed by atoms with Gasteiger partial charge in [0.2, 0.25) is 0 Å². The average molecular weight is 546 g/mol. The maximum atomic E-state index is 13.9. The second-order valence-corrected chi connectivity index (χ2v) is 10.3. The topological polar surface area (TPSA) is 118 Å². The minimum atomic E-state index is -1.27. The number of amides is 3. The first kappa shape index (κ1) is 26.8. The second kappa shape index (κ2) is 11.0. The fourth-order valence-electron chi connectivity index (χ4n) is 5.09. The van der Waals surface area contributed by atoms with Crippen molar-refractivity contribution in [2.75, 3.05) is 5.88 Å². The standard InChI is InChI=1S/C26H25Cl2N3O6/c1-15-2-11-20-21(14-15)26(35)30(25(20)34)29(24(33)17-5-9-19(10-6-17)31(36)37)22(12-13-27)23(32)16-3-7-18(28)8-4-16/h3-10,15,20-22H,2,11-14H2,1H3/t15-,20+,21+,22+/m1/s1. The molecule has 11 heteroatoms. The molecule has 1 aliphatic heterocycles. The molecule has 0 radical (unpaired) electrons. The Kier molecular flexibility index (Phi) is 7.94. The van der Waals surface area contributed by atoms with Crippen molar-refractivity contribution in [3.8, 4) is 0 Å². The van der Waals surface area contributed by atoms with E-state index in [9.17, 15) is 29.3 Å². The molecule has 4 rings (SSSR count). The Morgan fingerprint density at radius 3 is 2.22 bits per heavy atom. The van der Waals surface area contributed by atoms with Crippen LogP contribution >= 0.6 is 23.2 Å². The van der Waals surface area contributed by atoms with E-state index in [1.807, 2.05) is 6.92 Å². The fourth-order valence-corrected chi connectivity index (χ4v) is 5.42. The van der Waals surface area contributed by atoms with Crippen molar-refractivity contribution in [2.24, 2.45) is 17.8 Å². The number of halogens is 2. The summed E-state index contributed by atoms with van der Waals surface area (Å²) in [5.74, 6) is -3.32. The molecule has 0 spiro atoms. The van der Waals surface area contributed by atoms with E-state index < -0.39 is 46.3 Å². The third-order valence-electron chi connectivity index (χ3n) is 7.02. The maximum Gasteiger partial charge on any atom is 0.273 e. The zero-order valence-corrected chi connectivity index (χ0v) is 21.5. The van der Waals surface area contributed by atoms with Gasteiger partial charge >= 0.3 is 0 Å². The summed E-state index contributed by atoms with van der Waals surface area (Å²) in [5.41, 5.74) is -0.0185. The molecule has 0 N–H and O–H groups in total. The van der Waals surface area contributed by atoms with Crippen LogP contribution < -0.4 is 0 Å². The highest BCUT2D eigenvalue weighted by Crippen LogP contribution is 2.42. The predicted molar refractivity (Wildman–Crippen MR) is 136 cm³/mol. The summed E-state index contributed by atoms with van der Waals surface area (Å²) in [6, 6.07) is 9.54. The molecule has 0 aromatic heterocycles. The van der Waals surface area contributed by atoms with E-state index in [4.69, 9.17) is 23.2 Å². The van der Waals surface area contributed by atoms with E-state index in [1.54, 1.807) is 0 Å². The molecule has 1 aliphatic carbocycles. The van der Waals surface area contributed by atoms with Crippen LogP contribution in [0.4, 0.5) is 5.69 Å². The molecule has 0 bridgehead atoms. The molecule has 2 aliphatic rings. The molecule has 1 heterocycles. The number of nitrogens with zero attached hydrogens (tertiary/aromatic N) is 3. The number of Topliss-reactive ketones (excluding diaryl/α,β-unsaturated/α-hetero) is 1. The number of non-ortho nitro benzene ring substituents is 1. The number of nitro groups is 1. The highest BCUT2D eigenvalue weighted by molar-refractivity contribution is 6.30. The van der Waals surface area contributed by atoms with E-state index in [2.05, 4.69) is 0 Å². The van der Waals surface area contributed by atoms with Gasteiger partial charge in [-0.25, -0.2) is 5.01 Å². The van der Waals surface area contributed by atoms with Gasteiger partial charge in [-0.3, -0.25) is 29.3 Å². The minimum Gasteiger partial charge on any atom is -0.292 e. The first-order valence-electron chi connectivity index (χ1n) is 12.0. The van der Waals surface area contributed by atoms with Crippen molar-refractivity contribution in [1.82, 2.24) is 10.0 Å². The zero-order chi connectivity index (χ0) is 26.9. The number of carbonyl (C=O) groups is 4. The summed E-state index contributed by atoms with van der Waals surface area (Å²) in [4.78, 5) is 65.2. The van der Waals surface area contributed by atoms with E-state index in [-0.39, 0.29) is 35.0 Å². The molecule has 9 nitrogen and oxygen atoms in total. The van der Waals surface area contributed by atoms with Gasteiger partial charge in [-0.2, -0.15) is 5.01 Å². The largest absolute Gasteiger partial charge is 0.292 e. The lowest BCUT2D eigenvalue weighted by atomic mass is 9.76. The molecule has 0 unspecified atom stereocenters. The van der Waals surface area contributed by atoms with Gasteiger partial charge in [0.05, 0.1) is 16.8 Å². The van der Waals surface area contributed by atoms with Crippen molar-refractivity contribution in [3.05, 3.63) is 74.8 Å². The van der Waals surface area contributed by atoms with Gasteiger partial charge in [-0.05, 0) is 68.0 Å². The molecule has 2 aromatic carbocycles. The van der Waals surface area contributed by atoms with Crippen molar-refractivity contribution < 1.29 is 24.1 Å². The summed E-state index contributed by atoms with van der Waals surface area (Å²) >= 11 is 12.0. The molecular weight excluding hydrogens is 521 g/mol. The van der Waals surface area contributed by atoms with E-state index in [0.717, 1.165) is 28.6 Å². The van der Waals surface area contributed by atoms with Crippen LogP contribution in [0.1, 0.15) is 53.3 Å². The third-order valence-corrected chi connectivity index (χ3v) is 7.49. The van der Waals surface area contributed by atoms with Crippen molar-refractivity contribution in [3.63, 3.8) is 0 Å². The smallest absolute Gasteiger partial charge is 0.273 e. The van der Waals surface area contributed by atoms with Crippen LogP contribution in [0.2, 0.25) is 5.02 Å². The Bertz CT molecular complexity index is 1230. The highest BCUT2D eigenvalue weighted by atomic mass is 35.5. The Labute approximate surface area is 223 Å². The SMILES string of the molecule is C[C@@H]1CC[C@@H]2C(=O)N(N(C(=O)c3ccc([N+](=O)[O-])cc3)[C@@H](CCCl)C(=O)c3ccc(Cl)cc3)C(=O)[C@H]2C1. The average Bonchev–Trinajstić information content (AvgIpc) is 3.12. The van der Waals surface area contributed by atoms with Crippen LogP contribution in [0.15, 0.2) is 48.5 Å². The number of hydrazine groups is 1. The minimum absolute atomic E-state index is 0.0158. The number of benzene rings is 2. The Morgan fingerprint density at radius 2 is 1.62 bits per heavy atom. The molecule has 2 fully saturated rings. The number of ketones is 1. The van der Waals surface area contributed by atoms with Gasteiger partial charge in [0.15, 0.2) is 5.78 Å². The van der Waals surface area contributed by atoms with E-state index in [1.165, 1.54) is 36.4 Å². The van der Waals surface area contributed by atoms with Crippen LogP contribution in [-0.2, 0) is 9.59 Å². The van der Waals surface area contributed by atoms with Crippen LogP contribution in [0.5, 0.6) is 0 Å². The number of fused-ring (bicyclic) bond motifs is 1. The Morgan fingerprint density at radius 1 is 1.03 bits per heavy atom. The molecular formula is C26H25Cl2N3O6. The van der Waals surface area contributed by atoms with Crippen molar-refractivity contribution in [1.29, 1.82) is 0 Å². The normalized spacial score (nSPS) is 21.9. The van der Waals surface area contributed by atoms with E-state index in [0.29, 0.717) is 17.9 Å². The quantitative estimate of drug-likeness (QED) is 0.153. The van der Waals surface area contributed by atoms with Gasteiger partial charge < -0.3 is 0 Å². The van der Waals surface area contributed by atoms with Gasteiger partial charge in [0.25, 0.3) is 23.4 Å². The van der Waals surface area contributed by atoms with Gasteiger partial charge in [-0.1, -0.05) is 18.5 Å². The lowest BCUT2D eigenvalue weighted by Crippen LogP contribution is -2.57. The highest BCUT2D eigenvalue weighted by Gasteiger charge is 2.54. The summed E-state index contributed by atoms with van der Waals surface area (Å²) < 4.78 is 0. The molecule has 37 heavy (non-hydrogen) atoms. The lowest BCUT2D eigenvalue weighted by Gasteiger charge is -2.36. The van der Waals surface area contributed by atoms with Gasteiger partial charge in [0.1, 0.15) is 6.04 Å². The number of nitro benzene ring substituents is 1. The van der Waals surface area contributed by atoms with E-state index >= 15 is 0 Å². The van der Waals surface area contributed by atoms with Gasteiger partial charge in [0, 0.05) is 34.2 Å². The van der Waals surface area contributed by atoms with Crippen molar-refractivity contribution >= 4 is 52.4 Å². The van der Waals surface area contributed by atoms with Crippen LogP contribution in [0.25, 0.3) is 0 Å². The molecule has 4 atom stereocenters. The fraction of sp³-hybridized carbons (Fsp3) is 0.385. The Balaban J connectivity index is 1.80. The number of carbonyl (C=O) groups excluding carboxylic acids is 4. The second-order valence-electron chi connectivity index (χ2n) is 9.44. The first-order chi connectivity index (χ1) is 17.6. The number of hydrogen-bond donors (Lipinski definition) is 0. The molecule has 1 saturated heterocycles. The number of hydrogen-bond acceptors (Lipinski definition) is 6. The number of imide groups is 1. The van der Waals surface area contributed by atoms with Gasteiger partial charge in [-0.15, -0.1) is 11.6 Å². The third kappa shape index (κ3) is 5.24. The Hall–Kier alpha value is -3.30. The summed E-state index contributed by atoms with van der Waals surface area (Å²) in [6.45, 7) is 2.01. The van der Waals surface area contributed by atoms with Crippen LogP contribution in [0.3, 0.4) is 0 Å². The van der Waals surface area contributed by atoms with Crippen LogP contribution in [-0.4, -0.2) is 50.4 Å². The molecule has 194 valence electrons. The number of alkyl halides is 1. The summed E-state index contributed by atoms with van der Waals surface area (Å²) in [7, 11) is 0. The molecule has 2 aromatic rings.